The van der Waals surface area contributed by atoms with E-state index in [1.807, 2.05) is 34.6 Å². The molecule has 0 aliphatic carbocycles. The summed E-state index contributed by atoms with van der Waals surface area (Å²) in [6, 6.07) is 0.567. The van der Waals surface area contributed by atoms with Gasteiger partial charge in [0.15, 0.2) is 0 Å². The maximum Gasteiger partial charge on any atom is 0.339 e. The molecule has 7 heteroatoms. The van der Waals surface area contributed by atoms with Crippen molar-refractivity contribution in [1.29, 1.82) is 0 Å². The Hall–Kier alpha value is -1.34. The fourth-order valence-electron chi connectivity index (χ4n) is 1.71. The highest BCUT2D eigenvalue weighted by atomic mass is 32.2. The Bertz CT molecular complexity index is 570. The summed E-state index contributed by atoms with van der Waals surface area (Å²) >= 11 is 0. The topological polar surface area (TPSA) is 68.3 Å². The van der Waals surface area contributed by atoms with E-state index < -0.39 is 33.6 Å². The first kappa shape index (κ1) is 18.7. The number of pyridine rings is 1. The monoisotopic (exact) mass is 330 g/mol. The van der Waals surface area contributed by atoms with Gasteiger partial charge >= 0.3 is 5.97 Å². The van der Waals surface area contributed by atoms with E-state index in [1.54, 1.807) is 0 Å². The van der Waals surface area contributed by atoms with Crippen LogP contribution in [-0.2, 0) is 15.7 Å². The third-order valence-corrected chi connectivity index (χ3v) is 4.62. The zero-order valence-corrected chi connectivity index (χ0v) is 14.6. The van der Waals surface area contributed by atoms with Crippen molar-refractivity contribution in [2.24, 2.45) is 5.92 Å². The van der Waals surface area contributed by atoms with Crippen molar-refractivity contribution in [3.05, 3.63) is 29.3 Å². The fourth-order valence-corrected chi connectivity index (χ4v) is 2.67. The van der Waals surface area contributed by atoms with Gasteiger partial charge in [-0.1, -0.05) is 13.8 Å². The van der Waals surface area contributed by atoms with Crippen LogP contribution in [0.15, 0.2) is 12.3 Å². The first-order chi connectivity index (χ1) is 10.1. The van der Waals surface area contributed by atoms with Crippen LogP contribution in [0.4, 0.5) is 4.39 Å². The van der Waals surface area contributed by atoms with Crippen LogP contribution in [0.25, 0.3) is 0 Å². The Balaban J connectivity index is 3.12. The normalized spacial score (nSPS) is 14.7. The minimum Gasteiger partial charge on any atom is -0.465 e. The minimum atomic E-state index is -1.36. The second-order valence-electron chi connectivity index (χ2n) is 6.30. The zero-order valence-electron chi connectivity index (χ0n) is 13.8. The van der Waals surface area contributed by atoms with Gasteiger partial charge in [-0.25, -0.2) is 18.1 Å². The molecule has 1 aromatic heterocycles. The highest BCUT2D eigenvalue weighted by molar-refractivity contribution is 7.84. The van der Waals surface area contributed by atoms with E-state index in [-0.39, 0.29) is 17.2 Å². The molecular formula is C15H23FN2O3S. The van der Waals surface area contributed by atoms with Crippen molar-refractivity contribution in [1.82, 2.24) is 9.71 Å². The van der Waals surface area contributed by atoms with Crippen LogP contribution in [0.1, 0.15) is 56.7 Å². The number of carbonyl (C=O) groups excluding carboxylic acids is 1. The second kappa shape index (κ2) is 7.28. The number of aromatic nitrogens is 1. The molecule has 0 unspecified atom stereocenters. The van der Waals surface area contributed by atoms with Crippen molar-refractivity contribution in [2.75, 3.05) is 7.11 Å². The van der Waals surface area contributed by atoms with Gasteiger partial charge in [0, 0.05) is 6.20 Å². The largest absolute Gasteiger partial charge is 0.465 e. The van der Waals surface area contributed by atoms with Crippen molar-refractivity contribution < 1.29 is 18.1 Å². The van der Waals surface area contributed by atoms with Crippen LogP contribution < -0.4 is 4.72 Å². The van der Waals surface area contributed by atoms with E-state index in [1.165, 1.54) is 13.3 Å². The lowest BCUT2D eigenvalue weighted by molar-refractivity contribution is 0.0599. The Morgan fingerprint density at radius 3 is 2.41 bits per heavy atom. The maximum atomic E-state index is 14.3. The molecule has 1 aromatic rings. The first-order valence-electron chi connectivity index (χ1n) is 6.99. The summed E-state index contributed by atoms with van der Waals surface area (Å²) < 4.78 is 33.5. The molecule has 0 fully saturated rings. The highest BCUT2D eigenvalue weighted by Crippen LogP contribution is 2.25. The van der Waals surface area contributed by atoms with Crippen molar-refractivity contribution >= 4 is 17.0 Å². The molecule has 1 rings (SSSR count). The van der Waals surface area contributed by atoms with E-state index in [2.05, 4.69) is 14.4 Å². The van der Waals surface area contributed by atoms with Crippen LogP contribution in [0.3, 0.4) is 0 Å². The summed E-state index contributed by atoms with van der Waals surface area (Å²) in [5.74, 6) is -1.30. The lowest BCUT2D eigenvalue weighted by Crippen LogP contribution is -2.38. The summed E-state index contributed by atoms with van der Waals surface area (Å²) in [6.45, 7) is 9.26. The molecule has 1 N–H and O–H groups in total. The highest BCUT2D eigenvalue weighted by Gasteiger charge is 2.28. The SMILES string of the molecule is COC(=O)c1cnc([C@@H](N[S@@](=O)C(C)(C)C)C(C)C)c(F)c1. The number of carbonyl (C=O) groups is 1. The molecule has 0 saturated heterocycles. The number of esters is 1. The van der Waals surface area contributed by atoms with Gasteiger partial charge < -0.3 is 4.74 Å². The van der Waals surface area contributed by atoms with E-state index in [0.29, 0.717) is 0 Å². The van der Waals surface area contributed by atoms with Gasteiger partial charge in [0.1, 0.15) is 5.82 Å². The number of hydrogen-bond donors (Lipinski definition) is 1. The Morgan fingerprint density at radius 1 is 1.41 bits per heavy atom. The average molecular weight is 330 g/mol. The molecule has 0 amide bonds. The van der Waals surface area contributed by atoms with Gasteiger partial charge in [-0.05, 0) is 32.8 Å². The molecule has 0 spiro atoms. The van der Waals surface area contributed by atoms with Gasteiger partial charge in [-0.15, -0.1) is 0 Å². The summed E-state index contributed by atoms with van der Waals surface area (Å²) in [5.41, 5.74) is 0.184. The van der Waals surface area contributed by atoms with E-state index >= 15 is 0 Å². The van der Waals surface area contributed by atoms with Crippen LogP contribution in [0.2, 0.25) is 0 Å². The summed E-state index contributed by atoms with van der Waals surface area (Å²) in [6.07, 6.45) is 1.27. The fraction of sp³-hybridized carbons (Fsp3) is 0.600. The molecule has 5 nitrogen and oxygen atoms in total. The molecule has 0 aliphatic heterocycles. The number of hydrogen-bond acceptors (Lipinski definition) is 4. The molecule has 0 aliphatic rings. The third-order valence-electron chi connectivity index (χ3n) is 3.04. The second-order valence-corrected chi connectivity index (χ2v) is 8.30. The molecular weight excluding hydrogens is 307 g/mol. The molecule has 0 saturated carbocycles. The summed E-state index contributed by atoms with van der Waals surface area (Å²) in [7, 11) is -0.139. The Morgan fingerprint density at radius 2 is 2.00 bits per heavy atom. The van der Waals surface area contributed by atoms with Gasteiger partial charge in [-0.2, -0.15) is 0 Å². The molecule has 2 atom stereocenters. The Labute approximate surface area is 133 Å². The quantitative estimate of drug-likeness (QED) is 0.843. The lowest BCUT2D eigenvalue weighted by Gasteiger charge is -2.26. The molecule has 0 radical (unpaired) electrons. The number of methoxy groups -OCH3 is 1. The standard InChI is InChI=1S/C15H23FN2O3S/c1-9(2)12(18-22(20)15(3,4)5)13-11(16)7-10(8-17-13)14(19)21-6/h7-9,12,18H,1-6H3/t12-,22-/m0/s1. The minimum absolute atomic E-state index is 0.0303. The molecule has 1 heterocycles. The van der Waals surface area contributed by atoms with Crippen molar-refractivity contribution in [2.45, 2.75) is 45.4 Å². The van der Waals surface area contributed by atoms with Crippen LogP contribution in [-0.4, -0.2) is 27.0 Å². The number of halogens is 1. The zero-order chi connectivity index (χ0) is 17.1. The number of ether oxygens (including phenoxy) is 1. The van der Waals surface area contributed by atoms with Crippen LogP contribution >= 0.6 is 0 Å². The smallest absolute Gasteiger partial charge is 0.339 e. The third kappa shape index (κ3) is 4.58. The van der Waals surface area contributed by atoms with E-state index in [4.69, 9.17) is 0 Å². The van der Waals surface area contributed by atoms with Gasteiger partial charge in [0.2, 0.25) is 0 Å². The van der Waals surface area contributed by atoms with E-state index in [0.717, 1.165) is 6.07 Å². The van der Waals surface area contributed by atoms with Crippen molar-refractivity contribution in [3.8, 4) is 0 Å². The molecule has 0 bridgehead atoms. The van der Waals surface area contributed by atoms with Crippen LogP contribution in [0, 0.1) is 11.7 Å². The first-order valence-corrected chi connectivity index (χ1v) is 8.14. The summed E-state index contributed by atoms with van der Waals surface area (Å²) in [4.78, 5) is 15.4. The molecule has 124 valence electrons. The van der Waals surface area contributed by atoms with Gasteiger partial charge in [-0.3, -0.25) is 4.98 Å². The predicted octanol–water partition coefficient (Wildman–Crippen LogP) is 2.76. The predicted molar refractivity (Wildman–Crippen MR) is 84.1 cm³/mol. The molecule has 0 aromatic carbocycles. The van der Waals surface area contributed by atoms with Gasteiger partial charge in [0.05, 0.1) is 40.1 Å². The summed E-state index contributed by atoms with van der Waals surface area (Å²) in [5, 5.41) is 0. The van der Waals surface area contributed by atoms with Crippen molar-refractivity contribution in [3.63, 3.8) is 0 Å². The van der Waals surface area contributed by atoms with Crippen LogP contribution in [0.5, 0.6) is 0 Å². The average Bonchev–Trinajstić information content (AvgIpc) is 2.42. The molecule has 22 heavy (non-hydrogen) atoms. The maximum absolute atomic E-state index is 14.3. The van der Waals surface area contributed by atoms with E-state index in [9.17, 15) is 13.4 Å². The number of rotatable bonds is 5. The number of nitrogens with one attached hydrogen (secondary N) is 1. The number of nitrogens with zero attached hydrogens (tertiary/aromatic N) is 1. The Kier molecular flexibility index (Phi) is 6.19. The lowest BCUT2D eigenvalue weighted by atomic mass is 10.0. The van der Waals surface area contributed by atoms with Gasteiger partial charge in [0.25, 0.3) is 0 Å².